The molecule has 2 atom stereocenters. The van der Waals surface area contributed by atoms with Crippen LogP contribution in [-0.2, 0) is 9.47 Å². The standard InChI is InChI=1S/C13H21BrO2/c1-13(2)8-10(14)7-11(9-13)16-12-5-3-4-6-15-12/h7,11-12H,3-6,8-9H2,1-2H3. The highest BCUT2D eigenvalue weighted by Crippen LogP contribution is 2.39. The van der Waals surface area contributed by atoms with Gasteiger partial charge in [-0.25, -0.2) is 0 Å². The van der Waals surface area contributed by atoms with E-state index in [4.69, 9.17) is 9.47 Å². The molecule has 0 radical (unpaired) electrons. The summed E-state index contributed by atoms with van der Waals surface area (Å²) in [5.41, 5.74) is 0.326. The second kappa shape index (κ2) is 5.19. The highest BCUT2D eigenvalue weighted by atomic mass is 79.9. The van der Waals surface area contributed by atoms with E-state index in [1.165, 1.54) is 17.3 Å². The lowest BCUT2D eigenvalue weighted by Gasteiger charge is -2.35. The Kier molecular flexibility index (Phi) is 4.09. The smallest absolute Gasteiger partial charge is 0.158 e. The predicted molar refractivity (Wildman–Crippen MR) is 68.5 cm³/mol. The molecule has 3 heteroatoms. The van der Waals surface area contributed by atoms with Gasteiger partial charge in [0.15, 0.2) is 6.29 Å². The molecule has 2 unspecified atom stereocenters. The molecule has 0 saturated carbocycles. The van der Waals surface area contributed by atoms with Crippen molar-refractivity contribution in [1.82, 2.24) is 0 Å². The summed E-state index contributed by atoms with van der Waals surface area (Å²) in [6.45, 7) is 5.43. The van der Waals surface area contributed by atoms with E-state index < -0.39 is 0 Å². The maximum atomic E-state index is 6.01. The zero-order valence-corrected chi connectivity index (χ0v) is 11.8. The number of ether oxygens (including phenoxy) is 2. The summed E-state index contributed by atoms with van der Waals surface area (Å²) in [5, 5.41) is 0. The molecule has 0 N–H and O–H groups in total. The fourth-order valence-corrected chi connectivity index (χ4v) is 3.55. The van der Waals surface area contributed by atoms with Gasteiger partial charge in [0, 0.05) is 6.61 Å². The van der Waals surface area contributed by atoms with Crippen LogP contribution in [0.4, 0.5) is 0 Å². The molecule has 0 spiro atoms. The summed E-state index contributed by atoms with van der Waals surface area (Å²) < 4.78 is 12.9. The van der Waals surface area contributed by atoms with Gasteiger partial charge < -0.3 is 9.47 Å². The fraction of sp³-hybridized carbons (Fsp3) is 0.846. The Morgan fingerprint density at radius 1 is 1.44 bits per heavy atom. The third-order valence-electron chi connectivity index (χ3n) is 3.23. The molecule has 92 valence electrons. The van der Waals surface area contributed by atoms with Gasteiger partial charge in [-0.1, -0.05) is 29.8 Å². The lowest BCUT2D eigenvalue weighted by molar-refractivity contribution is -0.184. The van der Waals surface area contributed by atoms with Crippen molar-refractivity contribution in [2.75, 3.05) is 6.61 Å². The first-order chi connectivity index (χ1) is 7.55. The van der Waals surface area contributed by atoms with Crippen LogP contribution in [0.5, 0.6) is 0 Å². The van der Waals surface area contributed by atoms with E-state index in [2.05, 4.69) is 35.9 Å². The summed E-state index contributed by atoms with van der Waals surface area (Å²) in [5.74, 6) is 0. The molecule has 16 heavy (non-hydrogen) atoms. The van der Waals surface area contributed by atoms with Gasteiger partial charge in [0.1, 0.15) is 0 Å². The summed E-state index contributed by atoms with van der Waals surface area (Å²) in [7, 11) is 0. The molecule has 2 nitrogen and oxygen atoms in total. The number of hydrogen-bond donors (Lipinski definition) is 0. The number of hydrogen-bond acceptors (Lipinski definition) is 2. The van der Waals surface area contributed by atoms with Gasteiger partial charge in [-0.3, -0.25) is 0 Å². The van der Waals surface area contributed by atoms with Crippen molar-refractivity contribution < 1.29 is 9.47 Å². The fourth-order valence-electron chi connectivity index (χ4n) is 2.49. The molecule has 1 aliphatic carbocycles. The minimum absolute atomic E-state index is 0.0178. The van der Waals surface area contributed by atoms with E-state index in [0.29, 0.717) is 5.41 Å². The molecular formula is C13H21BrO2. The van der Waals surface area contributed by atoms with Crippen molar-refractivity contribution in [3.63, 3.8) is 0 Å². The van der Waals surface area contributed by atoms with Crippen molar-refractivity contribution in [2.24, 2.45) is 5.41 Å². The monoisotopic (exact) mass is 288 g/mol. The highest BCUT2D eigenvalue weighted by molar-refractivity contribution is 9.11. The Morgan fingerprint density at radius 3 is 2.88 bits per heavy atom. The molecule has 1 fully saturated rings. The van der Waals surface area contributed by atoms with Crippen LogP contribution in [0.1, 0.15) is 46.0 Å². The zero-order chi connectivity index (χ0) is 11.6. The maximum absolute atomic E-state index is 6.01. The first-order valence-electron chi connectivity index (χ1n) is 6.18. The maximum Gasteiger partial charge on any atom is 0.158 e. The van der Waals surface area contributed by atoms with Crippen LogP contribution in [0.2, 0.25) is 0 Å². The van der Waals surface area contributed by atoms with Crippen molar-refractivity contribution in [2.45, 2.75) is 58.3 Å². The third kappa shape index (κ3) is 3.57. The van der Waals surface area contributed by atoms with Crippen molar-refractivity contribution in [3.05, 3.63) is 10.6 Å². The Bertz CT molecular complexity index is 267. The van der Waals surface area contributed by atoms with Crippen molar-refractivity contribution >= 4 is 15.9 Å². The van der Waals surface area contributed by atoms with Crippen LogP contribution in [0, 0.1) is 5.41 Å². The predicted octanol–water partition coefficient (Wildman–Crippen LogP) is 4.00. The second-order valence-electron chi connectivity index (χ2n) is 5.63. The molecule has 1 saturated heterocycles. The molecule has 0 aromatic carbocycles. The lowest BCUT2D eigenvalue weighted by Crippen LogP contribution is -2.32. The molecule has 0 bridgehead atoms. The quantitative estimate of drug-likeness (QED) is 0.765. The van der Waals surface area contributed by atoms with Gasteiger partial charge in [-0.2, -0.15) is 0 Å². The van der Waals surface area contributed by atoms with Crippen LogP contribution in [0.15, 0.2) is 10.6 Å². The van der Waals surface area contributed by atoms with Gasteiger partial charge in [0.2, 0.25) is 0 Å². The van der Waals surface area contributed by atoms with Crippen LogP contribution >= 0.6 is 15.9 Å². The normalized spacial score (nSPS) is 34.6. The first-order valence-corrected chi connectivity index (χ1v) is 6.98. The van der Waals surface area contributed by atoms with Gasteiger partial charge in [0.25, 0.3) is 0 Å². The summed E-state index contributed by atoms with van der Waals surface area (Å²) in [4.78, 5) is 0. The topological polar surface area (TPSA) is 18.5 Å². The Morgan fingerprint density at radius 2 is 2.25 bits per heavy atom. The summed E-state index contributed by atoms with van der Waals surface area (Å²) in [6.07, 6.45) is 8.07. The highest BCUT2D eigenvalue weighted by Gasteiger charge is 2.30. The molecule has 2 rings (SSSR count). The SMILES string of the molecule is CC1(C)CC(Br)=CC(OC2CCCCO2)C1. The van der Waals surface area contributed by atoms with E-state index in [1.807, 2.05) is 0 Å². The van der Waals surface area contributed by atoms with Crippen LogP contribution in [-0.4, -0.2) is 19.0 Å². The molecular weight excluding hydrogens is 268 g/mol. The van der Waals surface area contributed by atoms with E-state index in [9.17, 15) is 0 Å². The van der Waals surface area contributed by atoms with Crippen LogP contribution in [0.3, 0.4) is 0 Å². The Balaban J connectivity index is 1.91. The number of rotatable bonds is 2. The molecule has 0 aromatic rings. The van der Waals surface area contributed by atoms with Gasteiger partial charge in [-0.15, -0.1) is 0 Å². The largest absolute Gasteiger partial charge is 0.353 e. The molecule has 0 amide bonds. The van der Waals surface area contributed by atoms with E-state index in [-0.39, 0.29) is 12.4 Å². The molecule has 1 aliphatic heterocycles. The minimum Gasteiger partial charge on any atom is -0.353 e. The van der Waals surface area contributed by atoms with E-state index >= 15 is 0 Å². The summed E-state index contributed by atoms with van der Waals surface area (Å²) >= 11 is 3.61. The lowest BCUT2D eigenvalue weighted by atomic mass is 9.80. The third-order valence-corrected chi connectivity index (χ3v) is 3.78. The van der Waals surface area contributed by atoms with E-state index in [0.717, 1.165) is 25.9 Å². The van der Waals surface area contributed by atoms with Gasteiger partial charge >= 0.3 is 0 Å². The average molecular weight is 289 g/mol. The second-order valence-corrected chi connectivity index (χ2v) is 6.65. The zero-order valence-electron chi connectivity index (χ0n) is 10.2. The van der Waals surface area contributed by atoms with E-state index in [1.54, 1.807) is 0 Å². The van der Waals surface area contributed by atoms with Crippen molar-refractivity contribution in [3.8, 4) is 0 Å². The molecule has 2 aliphatic rings. The average Bonchev–Trinajstić information content (AvgIpc) is 2.15. The molecule has 0 aromatic heterocycles. The summed E-state index contributed by atoms with van der Waals surface area (Å²) in [6, 6.07) is 0. The van der Waals surface area contributed by atoms with Crippen LogP contribution in [0.25, 0.3) is 0 Å². The number of allylic oxidation sites excluding steroid dienone is 1. The minimum atomic E-state index is 0.0178. The first kappa shape index (κ1) is 12.6. The van der Waals surface area contributed by atoms with Crippen molar-refractivity contribution in [1.29, 1.82) is 0 Å². The molecule has 1 heterocycles. The van der Waals surface area contributed by atoms with Crippen LogP contribution < -0.4 is 0 Å². The number of halogens is 1. The Labute approximate surface area is 107 Å². The Hall–Kier alpha value is 0.140. The van der Waals surface area contributed by atoms with Gasteiger partial charge in [-0.05, 0) is 48.1 Å². The van der Waals surface area contributed by atoms with Gasteiger partial charge in [0.05, 0.1) is 6.10 Å².